The summed E-state index contributed by atoms with van der Waals surface area (Å²) in [5.41, 5.74) is 1.98. The van der Waals surface area contributed by atoms with Crippen LogP contribution in [0.2, 0.25) is 0 Å². The summed E-state index contributed by atoms with van der Waals surface area (Å²) >= 11 is 0. The Labute approximate surface area is 127 Å². The topological polar surface area (TPSA) is 79.9 Å². The van der Waals surface area contributed by atoms with Gasteiger partial charge in [0.2, 0.25) is 0 Å². The lowest BCUT2D eigenvalue weighted by atomic mass is 10.1. The van der Waals surface area contributed by atoms with E-state index in [0.29, 0.717) is 19.0 Å². The van der Waals surface area contributed by atoms with Gasteiger partial charge in [-0.15, -0.1) is 0 Å². The average Bonchev–Trinajstić information content (AvgIpc) is 2.86. The van der Waals surface area contributed by atoms with Crippen molar-refractivity contribution >= 4 is 23.7 Å². The van der Waals surface area contributed by atoms with Crippen LogP contribution in [0.1, 0.15) is 5.56 Å². The van der Waals surface area contributed by atoms with Crippen molar-refractivity contribution in [3.63, 3.8) is 0 Å². The van der Waals surface area contributed by atoms with E-state index in [1.807, 2.05) is 18.2 Å². The van der Waals surface area contributed by atoms with Gasteiger partial charge in [-0.3, -0.25) is 10.1 Å². The van der Waals surface area contributed by atoms with E-state index >= 15 is 0 Å². The van der Waals surface area contributed by atoms with E-state index < -0.39 is 11.9 Å². The summed E-state index contributed by atoms with van der Waals surface area (Å²) in [7, 11) is 1.58. The predicted molar refractivity (Wildman–Crippen MR) is 80.7 cm³/mol. The van der Waals surface area contributed by atoms with Crippen LogP contribution in [0.15, 0.2) is 23.9 Å². The van der Waals surface area contributed by atoms with Gasteiger partial charge < -0.3 is 19.7 Å². The van der Waals surface area contributed by atoms with E-state index in [9.17, 15) is 9.59 Å². The van der Waals surface area contributed by atoms with Crippen molar-refractivity contribution in [2.24, 2.45) is 0 Å². The molecule has 0 aliphatic carbocycles. The number of nitrogens with zero attached hydrogens (tertiary/aromatic N) is 1. The van der Waals surface area contributed by atoms with Gasteiger partial charge in [-0.2, -0.15) is 0 Å². The Morgan fingerprint density at radius 1 is 1.23 bits per heavy atom. The molecule has 3 rings (SSSR count). The highest BCUT2D eigenvalue weighted by atomic mass is 16.5. The molecule has 0 saturated carbocycles. The minimum atomic E-state index is -0.514. The van der Waals surface area contributed by atoms with Crippen LogP contribution in [0.5, 0.6) is 5.75 Å². The van der Waals surface area contributed by atoms with Crippen molar-refractivity contribution in [3.05, 3.63) is 29.5 Å². The summed E-state index contributed by atoms with van der Waals surface area (Å²) in [4.78, 5) is 24.9. The van der Waals surface area contributed by atoms with Crippen LogP contribution in [0.4, 0.5) is 10.5 Å². The molecule has 2 heterocycles. The van der Waals surface area contributed by atoms with E-state index in [-0.39, 0.29) is 5.70 Å². The number of amides is 3. The Morgan fingerprint density at radius 2 is 2.00 bits per heavy atom. The standard InChI is InChI=1S/C15H17N3O4/c1-21-13-9-11(18-4-6-22-7-5-18)3-2-10(13)8-12-14(19)17-15(20)16-12/h2-3,8-9H,4-7H2,1H3,(H2,16,17,19,20)/b12-8+. The summed E-state index contributed by atoms with van der Waals surface area (Å²) in [6.07, 6.45) is 1.60. The molecule has 2 aliphatic rings. The number of carbonyl (C=O) groups is 2. The zero-order valence-electron chi connectivity index (χ0n) is 12.2. The maximum absolute atomic E-state index is 11.6. The third-order valence-corrected chi connectivity index (χ3v) is 3.61. The molecule has 2 aliphatic heterocycles. The van der Waals surface area contributed by atoms with E-state index in [1.54, 1.807) is 13.2 Å². The number of hydrogen-bond acceptors (Lipinski definition) is 5. The molecule has 0 unspecified atom stereocenters. The van der Waals surface area contributed by atoms with E-state index in [4.69, 9.17) is 9.47 Å². The number of rotatable bonds is 3. The number of morpholine rings is 1. The molecule has 0 aromatic heterocycles. The van der Waals surface area contributed by atoms with Gasteiger partial charge >= 0.3 is 6.03 Å². The first-order chi connectivity index (χ1) is 10.7. The molecule has 7 heteroatoms. The summed E-state index contributed by atoms with van der Waals surface area (Å²) in [5, 5.41) is 4.63. The van der Waals surface area contributed by atoms with Crippen LogP contribution >= 0.6 is 0 Å². The Morgan fingerprint density at radius 3 is 2.64 bits per heavy atom. The van der Waals surface area contributed by atoms with Crippen LogP contribution in [0.3, 0.4) is 0 Å². The normalized spacial score (nSPS) is 20.0. The monoisotopic (exact) mass is 303 g/mol. The number of hydrogen-bond donors (Lipinski definition) is 2. The minimum Gasteiger partial charge on any atom is -0.496 e. The number of anilines is 1. The average molecular weight is 303 g/mol. The zero-order valence-corrected chi connectivity index (χ0v) is 12.2. The second kappa shape index (κ2) is 6.07. The van der Waals surface area contributed by atoms with Crippen LogP contribution in [-0.2, 0) is 9.53 Å². The van der Waals surface area contributed by atoms with Crippen molar-refractivity contribution in [2.45, 2.75) is 0 Å². The lowest BCUT2D eigenvalue weighted by molar-refractivity contribution is -0.115. The third-order valence-electron chi connectivity index (χ3n) is 3.61. The lowest BCUT2D eigenvalue weighted by Crippen LogP contribution is -2.36. The van der Waals surface area contributed by atoms with Crippen LogP contribution in [-0.4, -0.2) is 45.4 Å². The van der Waals surface area contributed by atoms with Gasteiger partial charge in [0.05, 0.1) is 20.3 Å². The number of urea groups is 1. The van der Waals surface area contributed by atoms with Crippen molar-refractivity contribution in [3.8, 4) is 5.75 Å². The molecule has 0 atom stereocenters. The molecule has 2 saturated heterocycles. The quantitative estimate of drug-likeness (QED) is 0.635. The molecule has 2 N–H and O–H groups in total. The fourth-order valence-electron chi connectivity index (χ4n) is 2.48. The lowest BCUT2D eigenvalue weighted by Gasteiger charge is -2.29. The number of benzene rings is 1. The first kappa shape index (κ1) is 14.4. The second-order valence-corrected chi connectivity index (χ2v) is 4.99. The predicted octanol–water partition coefficient (Wildman–Crippen LogP) is 0.712. The van der Waals surface area contributed by atoms with Crippen LogP contribution in [0, 0.1) is 0 Å². The molecular weight excluding hydrogens is 286 g/mol. The van der Waals surface area contributed by atoms with Gasteiger partial charge in [0.1, 0.15) is 11.4 Å². The molecule has 0 radical (unpaired) electrons. The Hall–Kier alpha value is -2.54. The first-order valence-electron chi connectivity index (χ1n) is 7.02. The second-order valence-electron chi connectivity index (χ2n) is 4.99. The Bertz CT molecular complexity index is 636. The van der Waals surface area contributed by atoms with Crippen molar-refractivity contribution < 1.29 is 19.1 Å². The van der Waals surface area contributed by atoms with Gasteiger partial charge in [-0.05, 0) is 18.2 Å². The SMILES string of the molecule is COc1cc(N2CCOCC2)ccc1/C=C1/NC(=O)NC1=O. The van der Waals surface area contributed by atoms with Gasteiger partial charge in [-0.1, -0.05) is 0 Å². The third kappa shape index (κ3) is 2.89. The van der Waals surface area contributed by atoms with Gasteiger partial charge in [0.25, 0.3) is 5.91 Å². The molecule has 22 heavy (non-hydrogen) atoms. The Balaban J connectivity index is 1.87. The molecule has 1 aromatic rings. The Kier molecular flexibility index (Phi) is 3.97. The maximum Gasteiger partial charge on any atom is 0.326 e. The number of imide groups is 1. The van der Waals surface area contributed by atoms with E-state index in [1.165, 1.54) is 0 Å². The largest absolute Gasteiger partial charge is 0.496 e. The zero-order chi connectivity index (χ0) is 15.5. The smallest absolute Gasteiger partial charge is 0.326 e. The van der Waals surface area contributed by atoms with Gasteiger partial charge in [0.15, 0.2) is 0 Å². The molecule has 0 spiro atoms. The molecule has 116 valence electrons. The number of ether oxygens (including phenoxy) is 2. The molecular formula is C15H17N3O4. The fraction of sp³-hybridized carbons (Fsp3) is 0.333. The summed E-state index contributed by atoms with van der Waals surface area (Å²) in [6.45, 7) is 3.09. The van der Waals surface area contributed by atoms with Crippen molar-refractivity contribution in [2.75, 3.05) is 38.3 Å². The molecule has 7 nitrogen and oxygen atoms in total. The highest BCUT2D eigenvalue weighted by molar-refractivity contribution is 6.14. The van der Waals surface area contributed by atoms with E-state index in [2.05, 4.69) is 15.5 Å². The maximum atomic E-state index is 11.6. The van der Waals surface area contributed by atoms with Gasteiger partial charge in [0, 0.05) is 30.4 Å². The van der Waals surface area contributed by atoms with Gasteiger partial charge in [-0.25, -0.2) is 4.79 Å². The first-order valence-corrected chi connectivity index (χ1v) is 7.02. The van der Waals surface area contributed by atoms with Crippen LogP contribution in [0.25, 0.3) is 6.08 Å². The highest BCUT2D eigenvalue weighted by Crippen LogP contribution is 2.28. The van der Waals surface area contributed by atoms with Crippen molar-refractivity contribution in [1.82, 2.24) is 10.6 Å². The highest BCUT2D eigenvalue weighted by Gasteiger charge is 2.23. The molecule has 1 aromatic carbocycles. The van der Waals surface area contributed by atoms with Crippen molar-refractivity contribution in [1.29, 1.82) is 0 Å². The molecule has 0 bridgehead atoms. The molecule has 3 amide bonds. The van der Waals surface area contributed by atoms with E-state index in [0.717, 1.165) is 24.3 Å². The summed E-state index contributed by atoms with van der Waals surface area (Å²) in [5.74, 6) is 0.203. The number of methoxy groups -OCH3 is 1. The minimum absolute atomic E-state index is 0.211. The number of nitrogens with one attached hydrogen (secondary N) is 2. The van der Waals surface area contributed by atoms with Crippen LogP contribution < -0.4 is 20.3 Å². The number of carbonyl (C=O) groups excluding carboxylic acids is 2. The molecule has 2 fully saturated rings. The summed E-state index contributed by atoms with van der Waals surface area (Å²) in [6, 6.07) is 5.25. The summed E-state index contributed by atoms with van der Waals surface area (Å²) < 4.78 is 10.7. The fourth-order valence-corrected chi connectivity index (χ4v) is 2.48.